The third-order valence-corrected chi connectivity index (χ3v) is 4.90. The number of ether oxygens (including phenoxy) is 1. The predicted molar refractivity (Wildman–Crippen MR) is 119 cm³/mol. The molecule has 2 heterocycles. The van der Waals surface area contributed by atoms with E-state index in [9.17, 15) is 9.18 Å². The van der Waals surface area contributed by atoms with E-state index in [-0.39, 0.29) is 18.3 Å². The maximum atomic E-state index is 13.1. The standard InChI is InChI=1S/C23H23FN6O2/c1-16-4-2-3-5-20(16)32-14-21(31)25-10-11-30-23-19(13-29-30)22(27-15-28-23)26-12-17-6-8-18(24)9-7-17/h2-9,13,15H,10-12,14H2,1H3,(H,25,31)(H,26,27,28). The van der Waals surface area contributed by atoms with Crippen LogP contribution in [0.5, 0.6) is 5.75 Å². The summed E-state index contributed by atoms with van der Waals surface area (Å²) in [4.78, 5) is 20.7. The van der Waals surface area contributed by atoms with E-state index in [1.165, 1.54) is 18.5 Å². The van der Waals surface area contributed by atoms with Gasteiger partial charge in [0.15, 0.2) is 12.3 Å². The summed E-state index contributed by atoms with van der Waals surface area (Å²) < 4.78 is 20.3. The number of benzene rings is 2. The summed E-state index contributed by atoms with van der Waals surface area (Å²) in [5.74, 6) is 0.855. The summed E-state index contributed by atoms with van der Waals surface area (Å²) in [6, 6.07) is 13.8. The first-order valence-corrected chi connectivity index (χ1v) is 10.2. The van der Waals surface area contributed by atoms with Gasteiger partial charge in [-0.1, -0.05) is 30.3 Å². The molecular weight excluding hydrogens is 411 g/mol. The third-order valence-electron chi connectivity index (χ3n) is 4.90. The second kappa shape index (κ2) is 9.86. The Morgan fingerprint density at radius 1 is 1.12 bits per heavy atom. The fraction of sp³-hybridized carbons (Fsp3) is 0.217. The van der Waals surface area contributed by atoms with Crippen LogP contribution in [-0.4, -0.2) is 38.8 Å². The molecule has 0 saturated heterocycles. The van der Waals surface area contributed by atoms with Crippen LogP contribution in [0.25, 0.3) is 11.0 Å². The predicted octanol–water partition coefficient (Wildman–Crippen LogP) is 3.08. The van der Waals surface area contributed by atoms with E-state index in [2.05, 4.69) is 25.7 Å². The first-order valence-electron chi connectivity index (χ1n) is 10.2. The van der Waals surface area contributed by atoms with Crippen LogP contribution in [0.15, 0.2) is 61.1 Å². The lowest BCUT2D eigenvalue weighted by Crippen LogP contribution is -2.31. The van der Waals surface area contributed by atoms with Crippen LogP contribution in [-0.2, 0) is 17.9 Å². The van der Waals surface area contributed by atoms with E-state index in [0.717, 1.165) is 16.5 Å². The van der Waals surface area contributed by atoms with Gasteiger partial charge in [-0.2, -0.15) is 5.10 Å². The monoisotopic (exact) mass is 434 g/mol. The minimum atomic E-state index is -0.270. The number of hydrogen-bond acceptors (Lipinski definition) is 6. The lowest BCUT2D eigenvalue weighted by Gasteiger charge is -2.10. The Balaban J connectivity index is 1.31. The van der Waals surface area contributed by atoms with Gasteiger partial charge in [0.2, 0.25) is 0 Å². The molecule has 0 radical (unpaired) electrons. The molecule has 32 heavy (non-hydrogen) atoms. The number of para-hydroxylation sites is 1. The van der Waals surface area contributed by atoms with Crippen molar-refractivity contribution in [2.24, 2.45) is 0 Å². The van der Waals surface area contributed by atoms with Crippen LogP contribution in [0.1, 0.15) is 11.1 Å². The third kappa shape index (κ3) is 5.18. The van der Waals surface area contributed by atoms with Crippen molar-refractivity contribution in [3.63, 3.8) is 0 Å². The number of amides is 1. The summed E-state index contributed by atoms with van der Waals surface area (Å²) in [5.41, 5.74) is 2.57. The van der Waals surface area contributed by atoms with Gasteiger partial charge in [0.05, 0.1) is 18.1 Å². The zero-order valence-electron chi connectivity index (χ0n) is 17.6. The van der Waals surface area contributed by atoms with Crippen LogP contribution in [0.4, 0.5) is 10.2 Å². The Morgan fingerprint density at radius 3 is 2.75 bits per heavy atom. The minimum absolute atomic E-state index is 0.0513. The Bertz CT molecular complexity index is 1210. The Kier molecular flexibility index (Phi) is 6.54. The number of nitrogens with zero attached hydrogens (tertiary/aromatic N) is 4. The molecule has 4 aromatic rings. The number of hydrogen-bond donors (Lipinski definition) is 2. The van der Waals surface area contributed by atoms with Crippen LogP contribution >= 0.6 is 0 Å². The van der Waals surface area contributed by atoms with Gasteiger partial charge in [-0.15, -0.1) is 0 Å². The molecule has 164 valence electrons. The molecule has 0 fully saturated rings. The highest BCUT2D eigenvalue weighted by atomic mass is 19.1. The molecule has 0 spiro atoms. The van der Waals surface area contributed by atoms with Crippen molar-refractivity contribution in [1.29, 1.82) is 0 Å². The zero-order valence-corrected chi connectivity index (χ0v) is 17.6. The van der Waals surface area contributed by atoms with Crippen molar-refractivity contribution >= 4 is 22.8 Å². The molecule has 4 rings (SSSR count). The topological polar surface area (TPSA) is 94.0 Å². The number of halogens is 1. The molecule has 2 aromatic carbocycles. The Labute approximate surface area is 184 Å². The minimum Gasteiger partial charge on any atom is -0.484 e. The SMILES string of the molecule is Cc1ccccc1OCC(=O)NCCn1ncc2c(NCc3ccc(F)cc3)ncnc21. The van der Waals surface area contributed by atoms with Crippen LogP contribution < -0.4 is 15.4 Å². The van der Waals surface area contributed by atoms with Gasteiger partial charge < -0.3 is 15.4 Å². The average molecular weight is 434 g/mol. The molecule has 2 aromatic heterocycles. The summed E-state index contributed by atoms with van der Waals surface area (Å²) in [7, 11) is 0. The summed E-state index contributed by atoms with van der Waals surface area (Å²) in [6.07, 6.45) is 3.15. The van der Waals surface area contributed by atoms with Crippen molar-refractivity contribution in [2.45, 2.75) is 20.0 Å². The molecule has 0 saturated carbocycles. The van der Waals surface area contributed by atoms with Crippen molar-refractivity contribution < 1.29 is 13.9 Å². The first-order chi connectivity index (χ1) is 15.6. The van der Waals surface area contributed by atoms with Gasteiger partial charge in [-0.05, 0) is 36.2 Å². The maximum Gasteiger partial charge on any atom is 0.258 e. The van der Waals surface area contributed by atoms with Crippen LogP contribution in [0, 0.1) is 12.7 Å². The number of carbonyl (C=O) groups is 1. The number of anilines is 1. The molecular formula is C23H23FN6O2. The second-order valence-corrected chi connectivity index (χ2v) is 7.21. The van der Waals surface area contributed by atoms with Gasteiger partial charge in [0, 0.05) is 13.1 Å². The fourth-order valence-electron chi connectivity index (χ4n) is 3.20. The normalized spacial score (nSPS) is 10.8. The maximum absolute atomic E-state index is 13.1. The number of fused-ring (bicyclic) bond motifs is 1. The average Bonchev–Trinajstić information content (AvgIpc) is 3.22. The zero-order chi connectivity index (χ0) is 22.3. The molecule has 0 aliphatic heterocycles. The molecule has 0 aliphatic carbocycles. The van der Waals surface area contributed by atoms with E-state index in [1.807, 2.05) is 31.2 Å². The van der Waals surface area contributed by atoms with Crippen LogP contribution in [0.3, 0.4) is 0 Å². The number of carbonyl (C=O) groups excluding carboxylic acids is 1. The molecule has 8 nitrogen and oxygen atoms in total. The fourth-order valence-corrected chi connectivity index (χ4v) is 3.20. The Morgan fingerprint density at radius 2 is 1.94 bits per heavy atom. The lowest BCUT2D eigenvalue weighted by atomic mass is 10.2. The van der Waals surface area contributed by atoms with Crippen LogP contribution in [0.2, 0.25) is 0 Å². The molecule has 0 bridgehead atoms. The first kappa shape index (κ1) is 21.2. The second-order valence-electron chi connectivity index (χ2n) is 7.21. The highest BCUT2D eigenvalue weighted by Crippen LogP contribution is 2.19. The van der Waals surface area contributed by atoms with Gasteiger partial charge >= 0.3 is 0 Å². The molecule has 0 atom stereocenters. The lowest BCUT2D eigenvalue weighted by molar-refractivity contribution is -0.123. The summed E-state index contributed by atoms with van der Waals surface area (Å²) in [6.45, 7) is 3.21. The highest BCUT2D eigenvalue weighted by Gasteiger charge is 2.10. The van der Waals surface area contributed by atoms with Gasteiger partial charge in [0.1, 0.15) is 23.7 Å². The number of nitrogens with one attached hydrogen (secondary N) is 2. The summed E-state index contributed by atoms with van der Waals surface area (Å²) in [5, 5.41) is 11.2. The Hall–Kier alpha value is -4.01. The van der Waals surface area contributed by atoms with E-state index in [4.69, 9.17) is 4.74 Å². The molecule has 2 N–H and O–H groups in total. The number of aromatic nitrogens is 4. The number of aryl methyl sites for hydroxylation is 1. The van der Waals surface area contributed by atoms with Gasteiger partial charge in [0.25, 0.3) is 5.91 Å². The van der Waals surface area contributed by atoms with E-state index in [0.29, 0.717) is 36.8 Å². The molecule has 1 amide bonds. The van der Waals surface area contributed by atoms with E-state index < -0.39 is 0 Å². The van der Waals surface area contributed by atoms with Gasteiger partial charge in [-0.3, -0.25) is 4.79 Å². The van der Waals surface area contributed by atoms with Crippen molar-refractivity contribution in [2.75, 3.05) is 18.5 Å². The summed E-state index contributed by atoms with van der Waals surface area (Å²) >= 11 is 0. The van der Waals surface area contributed by atoms with Crippen molar-refractivity contribution in [1.82, 2.24) is 25.1 Å². The number of rotatable bonds is 9. The van der Waals surface area contributed by atoms with Crippen molar-refractivity contribution in [3.05, 3.63) is 78.0 Å². The molecule has 9 heteroatoms. The van der Waals surface area contributed by atoms with Crippen molar-refractivity contribution in [3.8, 4) is 5.75 Å². The smallest absolute Gasteiger partial charge is 0.258 e. The quantitative estimate of drug-likeness (QED) is 0.421. The molecule has 0 unspecified atom stereocenters. The largest absolute Gasteiger partial charge is 0.484 e. The highest BCUT2D eigenvalue weighted by molar-refractivity contribution is 5.86. The van der Waals surface area contributed by atoms with E-state index in [1.54, 1.807) is 23.0 Å². The van der Waals surface area contributed by atoms with E-state index >= 15 is 0 Å². The van der Waals surface area contributed by atoms with Gasteiger partial charge in [-0.25, -0.2) is 19.0 Å². The molecule has 0 aliphatic rings.